The monoisotopic (exact) mass is 344 g/mol. The molecule has 0 aliphatic carbocycles. The zero-order valence-electron chi connectivity index (χ0n) is 11.3. The maximum absolute atomic E-state index is 12.0. The molecule has 0 spiro atoms. The second-order valence-corrected chi connectivity index (χ2v) is 6.84. The van der Waals surface area contributed by atoms with Crippen molar-refractivity contribution in [3.8, 4) is 0 Å². The van der Waals surface area contributed by atoms with Crippen molar-refractivity contribution in [1.29, 1.82) is 0 Å². The molecular weight excluding hydrogens is 332 g/mol. The van der Waals surface area contributed by atoms with Gasteiger partial charge in [0, 0.05) is 0 Å². The van der Waals surface area contributed by atoms with Gasteiger partial charge in [0.25, 0.3) is 11.9 Å². The first-order valence-corrected chi connectivity index (χ1v) is 8.22. The maximum Gasteiger partial charge on any atom is 0.296 e. The Morgan fingerprint density at radius 2 is 2.18 bits per heavy atom. The third kappa shape index (κ3) is 3.54. The number of para-hydroxylation sites is 2. The van der Waals surface area contributed by atoms with Gasteiger partial charge in [-0.1, -0.05) is 17.3 Å². The van der Waals surface area contributed by atoms with E-state index in [1.54, 1.807) is 24.3 Å². The molecule has 0 fully saturated rings. The van der Waals surface area contributed by atoms with Crippen LogP contribution < -0.4 is 5.32 Å². The van der Waals surface area contributed by atoms with E-state index < -0.39 is 28.5 Å². The molecule has 0 saturated carbocycles. The zero-order valence-corrected chi connectivity index (χ0v) is 13.0. The minimum atomic E-state index is -3.87. The minimum Gasteiger partial charge on any atom is -0.424 e. The van der Waals surface area contributed by atoms with Gasteiger partial charge in [0.1, 0.15) is 18.1 Å². The summed E-state index contributed by atoms with van der Waals surface area (Å²) in [5.41, 5.74) is 1.02. The number of thiol groups is 1. The highest BCUT2D eigenvalue weighted by Crippen LogP contribution is 2.19. The van der Waals surface area contributed by atoms with Crippen LogP contribution >= 0.6 is 12.8 Å². The van der Waals surface area contributed by atoms with E-state index in [0.29, 0.717) is 11.1 Å². The summed E-state index contributed by atoms with van der Waals surface area (Å²) in [5.74, 6) is -0.965. The number of benzene rings is 1. The van der Waals surface area contributed by atoms with E-state index in [0.717, 1.165) is 6.26 Å². The largest absolute Gasteiger partial charge is 0.424 e. The lowest BCUT2D eigenvalue weighted by Gasteiger charge is -2.19. The topological polar surface area (TPSA) is 122 Å². The highest BCUT2D eigenvalue weighted by molar-refractivity contribution is 8.00. The van der Waals surface area contributed by atoms with Crippen molar-refractivity contribution in [3.63, 3.8) is 0 Å². The number of rotatable bonds is 6. The second kappa shape index (κ2) is 6.32. The van der Waals surface area contributed by atoms with Crippen LogP contribution in [0.2, 0.25) is 0 Å². The van der Waals surface area contributed by atoms with Crippen LogP contribution in [0.25, 0.3) is 11.1 Å². The lowest BCUT2D eigenvalue weighted by molar-refractivity contribution is -0.123. The normalized spacial score (nSPS) is 12.8. The van der Waals surface area contributed by atoms with E-state index in [4.69, 9.17) is 4.42 Å². The SMILES string of the molecule is CS(=O)(=O)N(S)C(=O)C(CN=O)Nc1nc2ccccc2o1. The van der Waals surface area contributed by atoms with Crippen molar-refractivity contribution in [2.75, 3.05) is 18.1 Å². The number of amides is 1. The number of oxazole rings is 1. The van der Waals surface area contributed by atoms with Crippen LogP contribution in [0.3, 0.4) is 0 Å². The number of anilines is 1. The van der Waals surface area contributed by atoms with Gasteiger partial charge in [-0.05, 0) is 24.9 Å². The average Bonchev–Trinajstić information content (AvgIpc) is 2.86. The first-order chi connectivity index (χ1) is 10.3. The number of fused-ring (bicyclic) bond motifs is 1. The van der Waals surface area contributed by atoms with Gasteiger partial charge >= 0.3 is 0 Å². The molecule has 1 aromatic carbocycles. The van der Waals surface area contributed by atoms with Crippen molar-refractivity contribution in [1.82, 2.24) is 8.69 Å². The summed E-state index contributed by atoms with van der Waals surface area (Å²) in [6, 6.07) is 5.57. The molecule has 1 N–H and O–H groups in total. The first-order valence-electron chi connectivity index (χ1n) is 5.97. The van der Waals surface area contributed by atoms with Crippen molar-refractivity contribution < 1.29 is 17.6 Å². The molecule has 0 aliphatic rings. The molecule has 0 saturated heterocycles. The summed E-state index contributed by atoms with van der Waals surface area (Å²) in [5, 5.41) is 5.16. The summed E-state index contributed by atoms with van der Waals surface area (Å²) in [6.45, 7) is -0.510. The number of carbonyl (C=O) groups excluding carboxylic acids is 1. The molecular formula is C11H12N4O5S2. The summed E-state index contributed by atoms with van der Waals surface area (Å²) in [4.78, 5) is 26.6. The van der Waals surface area contributed by atoms with Gasteiger partial charge < -0.3 is 9.73 Å². The van der Waals surface area contributed by atoms with Crippen LogP contribution in [0, 0.1) is 4.91 Å². The summed E-state index contributed by atoms with van der Waals surface area (Å²) in [6.07, 6.45) is 0.808. The van der Waals surface area contributed by atoms with Crippen LogP contribution in [0.5, 0.6) is 0 Å². The Kier molecular flexibility index (Phi) is 4.66. The fraction of sp³-hybridized carbons (Fsp3) is 0.273. The predicted molar refractivity (Wildman–Crippen MR) is 82.8 cm³/mol. The van der Waals surface area contributed by atoms with Gasteiger partial charge in [-0.2, -0.15) is 13.6 Å². The van der Waals surface area contributed by atoms with E-state index in [-0.39, 0.29) is 9.73 Å². The number of aromatic nitrogens is 1. The smallest absolute Gasteiger partial charge is 0.296 e. The third-order valence-corrected chi connectivity index (χ3v) is 4.54. The molecule has 0 bridgehead atoms. The number of nitrogens with zero attached hydrogens (tertiary/aromatic N) is 3. The minimum absolute atomic E-state index is 0.0292. The van der Waals surface area contributed by atoms with Crippen LogP contribution in [0.4, 0.5) is 6.01 Å². The Morgan fingerprint density at radius 3 is 2.77 bits per heavy atom. The quantitative estimate of drug-likeness (QED) is 0.592. The van der Waals surface area contributed by atoms with Crippen LogP contribution in [0.15, 0.2) is 33.9 Å². The molecule has 1 heterocycles. The summed E-state index contributed by atoms with van der Waals surface area (Å²) in [7, 11) is -3.87. The number of hydrogen-bond donors (Lipinski definition) is 2. The Bertz CT molecular complexity index is 771. The summed E-state index contributed by atoms with van der Waals surface area (Å²) < 4.78 is 28.2. The number of nitroso groups, excluding NO2 is 1. The number of nitrogens with one attached hydrogen (secondary N) is 1. The van der Waals surface area contributed by atoms with Gasteiger partial charge in [-0.25, -0.2) is 8.42 Å². The zero-order chi connectivity index (χ0) is 16.3. The van der Waals surface area contributed by atoms with Gasteiger partial charge in [0.05, 0.1) is 6.26 Å². The Hall–Kier alpha value is -2.14. The lowest BCUT2D eigenvalue weighted by Crippen LogP contribution is -2.42. The molecule has 2 rings (SSSR count). The summed E-state index contributed by atoms with van der Waals surface area (Å²) >= 11 is 3.62. The fourth-order valence-electron chi connectivity index (χ4n) is 1.64. The molecule has 11 heteroatoms. The van der Waals surface area contributed by atoms with E-state index >= 15 is 0 Å². The van der Waals surface area contributed by atoms with Crippen LogP contribution in [0.1, 0.15) is 0 Å². The fourth-order valence-corrected chi connectivity index (χ4v) is 2.23. The molecule has 118 valence electrons. The molecule has 1 amide bonds. The standard InChI is InChI=1S/C11H12N4O5S2/c1-22(18,19)15(21)10(16)8(6-12-17)14-11-13-7-4-2-3-5-9(7)20-11/h2-5,8,21H,6H2,1H3,(H,13,14). The molecule has 1 atom stereocenters. The first kappa shape index (κ1) is 16.2. The number of hydrogen-bond acceptors (Lipinski definition) is 9. The lowest BCUT2D eigenvalue weighted by atomic mass is 10.3. The molecule has 22 heavy (non-hydrogen) atoms. The van der Waals surface area contributed by atoms with E-state index in [2.05, 4.69) is 28.3 Å². The van der Waals surface area contributed by atoms with Gasteiger partial charge in [0.15, 0.2) is 5.58 Å². The Labute approximate surface area is 131 Å². The second-order valence-electron chi connectivity index (χ2n) is 4.34. The van der Waals surface area contributed by atoms with E-state index in [1.165, 1.54) is 0 Å². The Balaban J connectivity index is 2.24. The third-order valence-electron chi connectivity index (χ3n) is 2.65. The van der Waals surface area contributed by atoms with E-state index in [9.17, 15) is 18.1 Å². The molecule has 0 aliphatic heterocycles. The van der Waals surface area contributed by atoms with Crippen molar-refractivity contribution in [2.24, 2.45) is 5.18 Å². The van der Waals surface area contributed by atoms with Crippen molar-refractivity contribution in [3.05, 3.63) is 29.2 Å². The number of carbonyl (C=O) groups is 1. The molecule has 9 nitrogen and oxygen atoms in total. The molecule has 1 unspecified atom stereocenters. The highest BCUT2D eigenvalue weighted by Gasteiger charge is 2.29. The van der Waals surface area contributed by atoms with Gasteiger partial charge in [-0.15, -0.1) is 0 Å². The number of sulfonamides is 1. The van der Waals surface area contributed by atoms with E-state index in [1.807, 2.05) is 0 Å². The maximum atomic E-state index is 12.0. The molecule has 0 radical (unpaired) electrons. The predicted octanol–water partition coefficient (Wildman–Crippen LogP) is 1.01. The van der Waals surface area contributed by atoms with Crippen LogP contribution in [-0.2, 0) is 14.8 Å². The average molecular weight is 344 g/mol. The van der Waals surface area contributed by atoms with Crippen LogP contribution in [-0.4, -0.2) is 41.9 Å². The molecule has 2 aromatic rings. The van der Waals surface area contributed by atoms with Crippen molar-refractivity contribution >= 4 is 45.9 Å². The highest BCUT2D eigenvalue weighted by atomic mass is 32.3. The van der Waals surface area contributed by atoms with Gasteiger partial charge in [-0.3, -0.25) is 4.79 Å². The molecule has 1 aromatic heterocycles. The van der Waals surface area contributed by atoms with Gasteiger partial charge in [0.2, 0.25) is 10.0 Å². The van der Waals surface area contributed by atoms with Crippen molar-refractivity contribution in [2.45, 2.75) is 6.04 Å². The Morgan fingerprint density at radius 1 is 1.50 bits per heavy atom.